The zero-order valence-corrected chi connectivity index (χ0v) is 22.4. The predicted molar refractivity (Wildman–Crippen MR) is 146 cm³/mol. The zero-order chi connectivity index (χ0) is 24.9. The van der Waals surface area contributed by atoms with Crippen molar-refractivity contribution >= 4 is 0 Å². The van der Waals surface area contributed by atoms with E-state index in [0.717, 1.165) is 11.4 Å². The lowest BCUT2D eigenvalue weighted by Gasteiger charge is -2.19. The average Bonchev–Trinajstić information content (AvgIpc) is 2.85. The maximum Gasteiger partial charge on any atom is 0.0886 e. The fraction of sp³-hybridized carbons (Fsp3) is 0.312. The molecule has 2 heteroatoms. The molecule has 0 aliphatic rings. The largest absolute Gasteiger partial charge is 0.254 e. The van der Waals surface area contributed by atoms with E-state index in [9.17, 15) is 0 Å². The van der Waals surface area contributed by atoms with Gasteiger partial charge >= 0.3 is 0 Å². The van der Waals surface area contributed by atoms with E-state index in [0.29, 0.717) is 0 Å². The van der Waals surface area contributed by atoms with E-state index < -0.39 is 0 Å². The number of hydrogen-bond acceptors (Lipinski definition) is 2. The Bertz CT molecular complexity index is 1240. The van der Waals surface area contributed by atoms with Crippen LogP contribution < -0.4 is 0 Å². The van der Waals surface area contributed by atoms with Crippen LogP contribution in [-0.2, 0) is 0 Å². The van der Waals surface area contributed by atoms with E-state index in [1.165, 1.54) is 77.9 Å². The lowest BCUT2D eigenvalue weighted by Crippen LogP contribution is -2.00. The molecule has 2 heterocycles. The van der Waals surface area contributed by atoms with Gasteiger partial charge in [-0.25, -0.2) is 0 Å². The first-order chi connectivity index (χ1) is 16.0. The second kappa shape index (κ2) is 8.83. The van der Waals surface area contributed by atoms with Gasteiger partial charge in [0, 0.05) is 23.5 Å². The second-order valence-electron chi connectivity index (χ2n) is 9.86. The van der Waals surface area contributed by atoms with Crippen molar-refractivity contribution in [3.8, 4) is 33.6 Å². The van der Waals surface area contributed by atoms with E-state index in [1.54, 1.807) is 0 Å². The summed E-state index contributed by atoms with van der Waals surface area (Å²) in [6.45, 7) is 22.2. The highest BCUT2D eigenvalue weighted by Crippen LogP contribution is 2.36. The number of nitrogens with zero attached hydrogens (tertiary/aromatic N) is 2. The third-order valence-electron chi connectivity index (χ3n) is 8.37. The molecule has 0 aliphatic carbocycles. The maximum atomic E-state index is 4.80. The molecule has 0 bridgehead atoms. The van der Waals surface area contributed by atoms with Crippen LogP contribution in [0.15, 0.2) is 36.7 Å². The minimum Gasteiger partial charge on any atom is -0.254 e. The van der Waals surface area contributed by atoms with Crippen LogP contribution in [0.3, 0.4) is 0 Å². The molecule has 0 saturated heterocycles. The van der Waals surface area contributed by atoms with Crippen molar-refractivity contribution in [3.63, 3.8) is 0 Å². The topological polar surface area (TPSA) is 25.8 Å². The number of pyridine rings is 2. The van der Waals surface area contributed by atoms with Gasteiger partial charge in [-0.2, -0.15) is 0 Å². The van der Waals surface area contributed by atoms with Crippen molar-refractivity contribution in [2.75, 3.05) is 0 Å². The Morgan fingerprint density at radius 1 is 0.353 bits per heavy atom. The molecule has 2 aromatic heterocycles. The SMILES string of the molecule is Cc1c(C)c(C)c(-c2ccc(-c3ccc(-c4c(C)c(C)c(C)c(C)c4C)cn3)nc2)c(C)c1C. The van der Waals surface area contributed by atoms with Crippen LogP contribution in [0.25, 0.3) is 33.6 Å². The third-order valence-corrected chi connectivity index (χ3v) is 8.37. The Kier molecular flexibility index (Phi) is 6.20. The van der Waals surface area contributed by atoms with Gasteiger partial charge in [0.2, 0.25) is 0 Å². The molecule has 0 N–H and O–H groups in total. The highest BCUT2D eigenvalue weighted by molar-refractivity contribution is 5.77. The fourth-order valence-corrected chi connectivity index (χ4v) is 5.25. The summed E-state index contributed by atoms with van der Waals surface area (Å²) in [5, 5.41) is 0. The maximum absolute atomic E-state index is 4.80. The summed E-state index contributed by atoms with van der Waals surface area (Å²) in [4.78, 5) is 9.61. The molecule has 0 amide bonds. The smallest absolute Gasteiger partial charge is 0.0886 e. The van der Waals surface area contributed by atoms with E-state index in [1.807, 2.05) is 12.4 Å². The summed E-state index contributed by atoms with van der Waals surface area (Å²) in [6, 6.07) is 8.56. The lowest BCUT2D eigenvalue weighted by atomic mass is 9.86. The van der Waals surface area contributed by atoms with Crippen molar-refractivity contribution in [3.05, 3.63) is 92.3 Å². The van der Waals surface area contributed by atoms with Crippen LogP contribution in [0.5, 0.6) is 0 Å². The molecule has 174 valence electrons. The van der Waals surface area contributed by atoms with Crippen LogP contribution in [-0.4, -0.2) is 9.97 Å². The minimum absolute atomic E-state index is 0.899. The average molecular weight is 449 g/mol. The van der Waals surface area contributed by atoms with Crippen molar-refractivity contribution in [1.29, 1.82) is 0 Å². The Balaban J connectivity index is 1.71. The monoisotopic (exact) mass is 448 g/mol. The highest BCUT2D eigenvalue weighted by Gasteiger charge is 2.16. The van der Waals surface area contributed by atoms with E-state index in [-0.39, 0.29) is 0 Å². The van der Waals surface area contributed by atoms with Crippen LogP contribution in [0, 0.1) is 69.2 Å². The Hall–Kier alpha value is -3.26. The van der Waals surface area contributed by atoms with Crippen LogP contribution >= 0.6 is 0 Å². The van der Waals surface area contributed by atoms with Gasteiger partial charge in [0.15, 0.2) is 0 Å². The normalized spacial score (nSPS) is 11.2. The molecule has 0 fully saturated rings. The summed E-state index contributed by atoms with van der Waals surface area (Å²) in [5.74, 6) is 0. The molecule has 34 heavy (non-hydrogen) atoms. The second-order valence-corrected chi connectivity index (χ2v) is 9.86. The molecular weight excluding hydrogens is 412 g/mol. The predicted octanol–water partition coefficient (Wildman–Crippen LogP) is 8.56. The van der Waals surface area contributed by atoms with Gasteiger partial charge in [-0.1, -0.05) is 12.1 Å². The molecular formula is C32H36N2. The number of rotatable bonds is 3. The van der Waals surface area contributed by atoms with Gasteiger partial charge in [-0.15, -0.1) is 0 Å². The lowest BCUT2D eigenvalue weighted by molar-refractivity contribution is 1.17. The molecule has 0 saturated carbocycles. The molecule has 0 radical (unpaired) electrons. The minimum atomic E-state index is 0.899. The molecule has 0 unspecified atom stereocenters. The molecule has 4 rings (SSSR count). The molecule has 2 nitrogen and oxygen atoms in total. The Morgan fingerprint density at radius 2 is 0.618 bits per heavy atom. The highest BCUT2D eigenvalue weighted by atomic mass is 14.8. The quantitative estimate of drug-likeness (QED) is 0.314. The van der Waals surface area contributed by atoms with Crippen LogP contribution in [0.1, 0.15) is 55.6 Å². The van der Waals surface area contributed by atoms with E-state index >= 15 is 0 Å². The van der Waals surface area contributed by atoms with Gasteiger partial charge in [0.05, 0.1) is 11.4 Å². The Labute approximate surface area is 205 Å². The van der Waals surface area contributed by atoms with Crippen molar-refractivity contribution in [2.24, 2.45) is 0 Å². The first-order valence-electron chi connectivity index (χ1n) is 12.1. The first kappa shape index (κ1) is 23.9. The number of hydrogen-bond donors (Lipinski definition) is 0. The summed E-state index contributed by atoms with van der Waals surface area (Å²) in [5.41, 5.74) is 20.3. The van der Waals surface area contributed by atoms with E-state index in [2.05, 4.69) is 93.5 Å². The van der Waals surface area contributed by atoms with E-state index in [4.69, 9.17) is 9.97 Å². The number of aromatic nitrogens is 2. The first-order valence-corrected chi connectivity index (χ1v) is 12.1. The zero-order valence-electron chi connectivity index (χ0n) is 22.4. The van der Waals surface area contributed by atoms with Crippen molar-refractivity contribution < 1.29 is 0 Å². The van der Waals surface area contributed by atoms with Crippen molar-refractivity contribution in [2.45, 2.75) is 69.2 Å². The van der Waals surface area contributed by atoms with Gasteiger partial charge in [0.1, 0.15) is 0 Å². The molecule has 0 spiro atoms. The third kappa shape index (κ3) is 3.76. The molecule has 4 aromatic rings. The fourth-order valence-electron chi connectivity index (χ4n) is 5.25. The van der Waals surface area contributed by atoms with Gasteiger partial charge in [0.25, 0.3) is 0 Å². The Morgan fingerprint density at radius 3 is 0.853 bits per heavy atom. The summed E-state index contributed by atoms with van der Waals surface area (Å²) < 4.78 is 0. The molecule has 2 aromatic carbocycles. The molecule has 0 aliphatic heterocycles. The molecule has 0 atom stereocenters. The number of benzene rings is 2. The van der Waals surface area contributed by atoms with Gasteiger partial charge in [-0.3, -0.25) is 9.97 Å². The van der Waals surface area contributed by atoms with Gasteiger partial charge < -0.3 is 0 Å². The van der Waals surface area contributed by atoms with Crippen molar-refractivity contribution in [1.82, 2.24) is 9.97 Å². The van der Waals surface area contributed by atoms with Gasteiger partial charge in [-0.05, 0) is 148 Å². The summed E-state index contributed by atoms with van der Waals surface area (Å²) in [7, 11) is 0. The standard InChI is InChI=1S/C32H36N2/c1-17-19(3)23(7)31(24(8)20(17)4)27-11-13-29(33-15-27)30-14-12-28(16-34-30)32-25(9)21(5)18(2)22(6)26(32)10/h11-16H,1-10H3. The summed E-state index contributed by atoms with van der Waals surface area (Å²) >= 11 is 0. The summed E-state index contributed by atoms with van der Waals surface area (Å²) in [6.07, 6.45) is 3.99. The van der Waals surface area contributed by atoms with Crippen LogP contribution in [0.2, 0.25) is 0 Å². The van der Waals surface area contributed by atoms with Crippen LogP contribution in [0.4, 0.5) is 0 Å².